The Morgan fingerprint density at radius 2 is 2.04 bits per heavy atom. The fraction of sp³-hybridized carbons (Fsp3) is 0.348. The standard InChI is InChI=1S/C23H25N3O2/c1-16-12-13-21-18(14-16)15-24-26(21)23(28)11-5-10-22(27)25-20-9-4-7-17-6-2-3-8-19(17)20/h2-3,6,8,12-15,20H,4-5,7,9-11H2,1H3,(H,25,27)/t20-/m1/s1. The second-order valence-electron chi connectivity index (χ2n) is 7.58. The van der Waals surface area contributed by atoms with Gasteiger partial charge in [-0.3, -0.25) is 9.59 Å². The molecule has 2 aromatic carbocycles. The summed E-state index contributed by atoms with van der Waals surface area (Å²) in [6.07, 6.45) is 6.03. The fourth-order valence-corrected chi connectivity index (χ4v) is 4.03. The third-order valence-electron chi connectivity index (χ3n) is 5.46. The molecule has 144 valence electrons. The van der Waals surface area contributed by atoms with Crippen LogP contribution in [0.2, 0.25) is 0 Å². The highest BCUT2D eigenvalue weighted by Gasteiger charge is 2.21. The molecule has 1 aliphatic carbocycles. The molecule has 0 radical (unpaired) electrons. The molecule has 3 aromatic rings. The molecule has 1 amide bonds. The summed E-state index contributed by atoms with van der Waals surface area (Å²) in [6, 6.07) is 14.3. The van der Waals surface area contributed by atoms with E-state index < -0.39 is 0 Å². The summed E-state index contributed by atoms with van der Waals surface area (Å²) in [5.74, 6) is -0.0647. The quantitative estimate of drug-likeness (QED) is 0.721. The zero-order chi connectivity index (χ0) is 19.5. The van der Waals surface area contributed by atoms with Gasteiger partial charge < -0.3 is 5.32 Å². The molecule has 28 heavy (non-hydrogen) atoms. The van der Waals surface area contributed by atoms with Gasteiger partial charge in [0.1, 0.15) is 0 Å². The molecular formula is C23H25N3O2. The van der Waals surface area contributed by atoms with Crippen LogP contribution in [0, 0.1) is 6.92 Å². The summed E-state index contributed by atoms with van der Waals surface area (Å²) in [4.78, 5) is 24.9. The van der Waals surface area contributed by atoms with Crippen LogP contribution < -0.4 is 5.32 Å². The molecule has 0 fully saturated rings. The van der Waals surface area contributed by atoms with Gasteiger partial charge >= 0.3 is 0 Å². The van der Waals surface area contributed by atoms with Crippen molar-refractivity contribution < 1.29 is 9.59 Å². The molecule has 4 rings (SSSR count). The largest absolute Gasteiger partial charge is 0.349 e. The maximum absolute atomic E-state index is 12.5. The molecule has 0 bridgehead atoms. The Morgan fingerprint density at radius 3 is 2.93 bits per heavy atom. The smallest absolute Gasteiger partial charge is 0.247 e. The summed E-state index contributed by atoms with van der Waals surface area (Å²) in [7, 11) is 0. The average molecular weight is 375 g/mol. The predicted molar refractivity (Wildman–Crippen MR) is 109 cm³/mol. The Morgan fingerprint density at radius 1 is 1.18 bits per heavy atom. The van der Waals surface area contributed by atoms with Crippen LogP contribution in [-0.2, 0) is 11.2 Å². The summed E-state index contributed by atoms with van der Waals surface area (Å²) in [6.45, 7) is 2.02. The number of hydrogen-bond acceptors (Lipinski definition) is 3. The van der Waals surface area contributed by atoms with Crippen LogP contribution in [-0.4, -0.2) is 21.6 Å². The van der Waals surface area contributed by atoms with Crippen LogP contribution in [0.15, 0.2) is 48.7 Å². The van der Waals surface area contributed by atoms with Crippen molar-refractivity contribution in [1.29, 1.82) is 0 Å². The molecule has 0 aliphatic heterocycles. The molecule has 1 N–H and O–H groups in total. The molecule has 0 saturated carbocycles. The van der Waals surface area contributed by atoms with Crippen LogP contribution >= 0.6 is 0 Å². The first-order valence-corrected chi connectivity index (χ1v) is 9.96. The van der Waals surface area contributed by atoms with Crippen molar-refractivity contribution in [1.82, 2.24) is 15.1 Å². The topological polar surface area (TPSA) is 64.0 Å². The lowest BCUT2D eigenvalue weighted by Crippen LogP contribution is -2.30. The molecular weight excluding hydrogens is 350 g/mol. The van der Waals surface area contributed by atoms with E-state index in [1.165, 1.54) is 15.8 Å². The lowest BCUT2D eigenvalue weighted by atomic mass is 9.87. The van der Waals surface area contributed by atoms with Gasteiger partial charge in [0.25, 0.3) is 0 Å². The number of carbonyl (C=O) groups excluding carboxylic acids is 2. The van der Waals surface area contributed by atoms with Crippen molar-refractivity contribution in [3.8, 4) is 0 Å². The number of hydrogen-bond donors (Lipinski definition) is 1. The monoisotopic (exact) mass is 375 g/mol. The van der Waals surface area contributed by atoms with Crippen molar-refractivity contribution in [3.05, 3.63) is 65.4 Å². The molecule has 5 nitrogen and oxygen atoms in total. The SMILES string of the molecule is Cc1ccc2c(cnn2C(=O)CCCC(=O)N[C@@H]2CCCc3ccccc32)c1. The molecule has 1 aromatic heterocycles. The van der Waals surface area contributed by atoms with E-state index in [-0.39, 0.29) is 17.9 Å². The van der Waals surface area contributed by atoms with Gasteiger partial charge in [-0.1, -0.05) is 35.9 Å². The fourth-order valence-electron chi connectivity index (χ4n) is 4.03. The number of nitrogens with one attached hydrogen (secondary N) is 1. The average Bonchev–Trinajstić information content (AvgIpc) is 3.11. The highest BCUT2D eigenvalue weighted by Crippen LogP contribution is 2.29. The summed E-state index contributed by atoms with van der Waals surface area (Å²) < 4.78 is 1.45. The van der Waals surface area contributed by atoms with E-state index in [2.05, 4.69) is 28.6 Å². The van der Waals surface area contributed by atoms with Crippen molar-refractivity contribution in [2.45, 2.75) is 51.5 Å². The molecule has 5 heteroatoms. The number of rotatable bonds is 5. The first kappa shape index (κ1) is 18.4. The van der Waals surface area contributed by atoms with Gasteiger partial charge in [0.05, 0.1) is 17.8 Å². The van der Waals surface area contributed by atoms with E-state index in [0.717, 1.165) is 35.7 Å². The maximum atomic E-state index is 12.5. The molecule has 1 atom stereocenters. The van der Waals surface area contributed by atoms with Crippen molar-refractivity contribution in [2.75, 3.05) is 0 Å². The van der Waals surface area contributed by atoms with E-state index in [1.54, 1.807) is 6.20 Å². The van der Waals surface area contributed by atoms with Crippen molar-refractivity contribution in [3.63, 3.8) is 0 Å². The Labute approximate surface area is 164 Å². The minimum Gasteiger partial charge on any atom is -0.349 e. The molecule has 1 aliphatic rings. The van der Waals surface area contributed by atoms with Crippen LogP contribution in [0.25, 0.3) is 10.9 Å². The molecule has 0 spiro atoms. The minimum atomic E-state index is -0.0744. The Bertz CT molecular complexity index is 1020. The zero-order valence-electron chi connectivity index (χ0n) is 16.1. The lowest BCUT2D eigenvalue weighted by Gasteiger charge is -2.26. The van der Waals surface area contributed by atoms with Gasteiger partial charge in [0, 0.05) is 18.2 Å². The Kier molecular flexibility index (Phi) is 5.24. The maximum Gasteiger partial charge on any atom is 0.247 e. The van der Waals surface area contributed by atoms with Crippen LogP contribution in [0.3, 0.4) is 0 Å². The highest BCUT2D eigenvalue weighted by molar-refractivity contribution is 5.91. The third-order valence-corrected chi connectivity index (χ3v) is 5.46. The van der Waals surface area contributed by atoms with Crippen LogP contribution in [0.5, 0.6) is 0 Å². The second-order valence-corrected chi connectivity index (χ2v) is 7.58. The van der Waals surface area contributed by atoms with Gasteiger partial charge in [-0.25, -0.2) is 4.68 Å². The minimum absolute atomic E-state index is 0.00968. The summed E-state index contributed by atoms with van der Waals surface area (Å²) in [5, 5.41) is 8.33. The first-order chi connectivity index (χ1) is 13.6. The van der Waals surface area contributed by atoms with E-state index >= 15 is 0 Å². The number of fused-ring (bicyclic) bond motifs is 2. The summed E-state index contributed by atoms with van der Waals surface area (Å²) >= 11 is 0. The zero-order valence-corrected chi connectivity index (χ0v) is 16.1. The first-order valence-electron chi connectivity index (χ1n) is 9.96. The van der Waals surface area contributed by atoms with Crippen molar-refractivity contribution >= 4 is 22.7 Å². The molecule has 0 saturated heterocycles. The number of benzene rings is 2. The molecule has 0 unspecified atom stereocenters. The van der Waals surface area contributed by atoms with Crippen molar-refractivity contribution in [2.24, 2.45) is 0 Å². The van der Waals surface area contributed by atoms with E-state index in [0.29, 0.717) is 19.3 Å². The van der Waals surface area contributed by atoms with Gasteiger partial charge in [0.2, 0.25) is 11.8 Å². The lowest BCUT2D eigenvalue weighted by molar-refractivity contribution is -0.122. The normalized spacial score (nSPS) is 16.0. The van der Waals surface area contributed by atoms with E-state index in [1.807, 2.05) is 31.2 Å². The van der Waals surface area contributed by atoms with Crippen LogP contribution in [0.1, 0.15) is 59.6 Å². The predicted octanol–water partition coefficient (Wildman–Crippen LogP) is 4.35. The van der Waals surface area contributed by atoms with Gasteiger partial charge in [-0.05, 0) is 55.9 Å². The van der Waals surface area contributed by atoms with Crippen LogP contribution in [0.4, 0.5) is 0 Å². The third kappa shape index (κ3) is 3.84. The van der Waals surface area contributed by atoms with Gasteiger partial charge in [0.15, 0.2) is 0 Å². The Hall–Kier alpha value is -2.95. The Balaban J connectivity index is 1.31. The number of carbonyl (C=O) groups is 2. The van der Waals surface area contributed by atoms with Gasteiger partial charge in [-0.15, -0.1) is 0 Å². The number of aromatic nitrogens is 2. The number of aryl methyl sites for hydroxylation is 2. The number of nitrogens with zero attached hydrogens (tertiary/aromatic N) is 2. The van der Waals surface area contributed by atoms with E-state index in [4.69, 9.17) is 0 Å². The van der Waals surface area contributed by atoms with Gasteiger partial charge in [-0.2, -0.15) is 5.10 Å². The number of amides is 1. The second kappa shape index (κ2) is 7.97. The van der Waals surface area contributed by atoms with E-state index in [9.17, 15) is 9.59 Å². The molecule has 1 heterocycles. The summed E-state index contributed by atoms with van der Waals surface area (Å²) in [5.41, 5.74) is 4.52. The highest BCUT2D eigenvalue weighted by atomic mass is 16.2.